The molecule has 2 unspecified atom stereocenters. The van der Waals surface area contributed by atoms with E-state index in [4.69, 9.17) is 4.84 Å². The van der Waals surface area contributed by atoms with Crippen LogP contribution in [0.4, 0.5) is 5.69 Å². The van der Waals surface area contributed by atoms with Crippen LogP contribution < -0.4 is 15.9 Å². The molecule has 0 radical (unpaired) electrons. The molecule has 0 saturated carbocycles. The second kappa shape index (κ2) is 8.13. The molecule has 2 heterocycles. The summed E-state index contributed by atoms with van der Waals surface area (Å²) in [5, 5.41) is 14.4. The fraction of sp³-hybridized carbons (Fsp3) is 0.375. The van der Waals surface area contributed by atoms with Crippen molar-refractivity contribution in [2.45, 2.75) is 45.1 Å². The third kappa shape index (κ3) is 4.20. The highest BCUT2D eigenvalue weighted by Gasteiger charge is 2.35. The molecule has 0 amide bonds. The number of carboxylic acid groups (broad SMARTS) is 1. The monoisotopic (exact) mass is 407 g/mol. The molecule has 2 atom stereocenters. The highest BCUT2D eigenvalue weighted by molar-refractivity contribution is 5.80. The lowest BCUT2D eigenvalue weighted by molar-refractivity contribution is -0.145. The molecule has 4 rings (SSSR count). The summed E-state index contributed by atoms with van der Waals surface area (Å²) < 4.78 is 0. The number of nitrogens with zero attached hydrogens (tertiary/aromatic N) is 1. The van der Waals surface area contributed by atoms with Crippen LogP contribution in [0.2, 0.25) is 0 Å². The van der Waals surface area contributed by atoms with Crippen LogP contribution in [-0.2, 0) is 21.5 Å². The molecule has 0 bridgehead atoms. The van der Waals surface area contributed by atoms with Gasteiger partial charge in [-0.1, -0.05) is 56.7 Å². The molecule has 1 fully saturated rings. The van der Waals surface area contributed by atoms with Crippen molar-refractivity contribution in [3.8, 4) is 11.1 Å². The van der Waals surface area contributed by atoms with Crippen LogP contribution in [0.3, 0.4) is 0 Å². The zero-order valence-electron chi connectivity index (χ0n) is 17.7. The van der Waals surface area contributed by atoms with Gasteiger partial charge in [-0.25, -0.2) is 5.01 Å². The first-order chi connectivity index (χ1) is 14.3. The second-order valence-corrected chi connectivity index (χ2v) is 9.04. The molecule has 2 aromatic rings. The van der Waals surface area contributed by atoms with Crippen molar-refractivity contribution in [1.29, 1.82) is 0 Å². The van der Waals surface area contributed by atoms with E-state index in [9.17, 15) is 9.90 Å². The standard InChI is InChI=1S/C24H29N3O3/c1-24(2,3)18-8-6-17(7-9-18)19-14-16(4-10-21-20(15-25-21)23(28)29)5-11-22(19)27-12-13-30-26-27/h5-9,11-14,20-21,25-26H,4,10,15H2,1-3H3,(H,28,29). The van der Waals surface area contributed by atoms with E-state index < -0.39 is 5.97 Å². The minimum Gasteiger partial charge on any atom is -0.481 e. The van der Waals surface area contributed by atoms with Gasteiger partial charge in [-0.2, -0.15) is 0 Å². The normalized spacial score (nSPS) is 20.7. The van der Waals surface area contributed by atoms with Crippen LogP contribution in [-0.4, -0.2) is 23.7 Å². The molecule has 0 aliphatic carbocycles. The zero-order chi connectivity index (χ0) is 21.3. The SMILES string of the molecule is CC(C)(C)c1ccc(-c2cc(CCC3NCC3C(=O)O)ccc2N2C=CON2)cc1. The van der Waals surface area contributed by atoms with E-state index in [1.807, 2.05) is 11.2 Å². The Kier molecular flexibility index (Phi) is 5.54. The highest BCUT2D eigenvalue weighted by Crippen LogP contribution is 2.34. The largest absolute Gasteiger partial charge is 0.481 e. The molecule has 1 saturated heterocycles. The van der Waals surface area contributed by atoms with Gasteiger partial charge in [-0.05, 0) is 47.1 Å². The molecule has 3 N–H and O–H groups in total. The number of carbonyl (C=O) groups is 1. The number of benzene rings is 2. The lowest BCUT2D eigenvalue weighted by Crippen LogP contribution is -2.56. The summed E-state index contributed by atoms with van der Waals surface area (Å²) in [5.74, 6) is -0.981. The van der Waals surface area contributed by atoms with E-state index in [2.05, 4.69) is 74.1 Å². The van der Waals surface area contributed by atoms with Crippen LogP contribution in [0.25, 0.3) is 11.1 Å². The maximum absolute atomic E-state index is 11.3. The van der Waals surface area contributed by atoms with Crippen molar-refractivity contribution in [3.05, 3.63) is 66.1 Å². The summed E-state index contributed by atoms with van der Waals surface area (Å²) >= 11 is 0. The zero-order valence-corrected chi connectivity index (χ0v) is 17.7. The van der Waals surface area contributed by atoms with Gasteiger partial charge in [0.2, 0.25) is 0 Å². The minimum absolute atomic E-state index is 0.0493. The number of anilines is 1. The van der Waals surface area contributed by atoms with Gasteiger partial charge in [0.05, 0.1) is 17.8 Å². The summed E-state index contributed by atoms with van der Waals surface area (Å²) in [6, 6.07) is 15.1. The Morgan fingerprint density at radius 3 is 2.53 bits per heavy atom. The first-order valence-electron chi connectivity index (χ1n) is 10.4. The second-order valence-electron chi connectivity index (χ2n) is 9.04. The van der Waals surface area contributed by atoms with Crippen LogP contribution in [0.5, 0.6) is 0 Å². The molecule has 0 spiro atoms. The molecule has 2 aromatic carbocycles. The molecule has 6 nitrogen and oxygen atoms in total. The van der Waals surface area contributed by atoms with Gasteiger partial charge in [0.1, 0.15) is 6.26 Å². The van der Waals surface area contributed by atoms with E-state index in [-0.39, 0.29) is 17.4 Å². The van der Waals surface area contributed by atoms with Crippen molar-refractivity contribution in [3.63, 3.8) is 0 Å². The fourth-order valence-corrected chi connectivity index (χ4v) is 3.96. The van der Waals surface area contributed by atoms with Crippen molar-refractivity contribution in [2.75, 3.05) is 11.6 Å². The third-order valence-electron chi connectivity index (χ3n) is 5.96. The summed E-state index contributed by atoms with van der Waals surface area (Å²) in [7, 11) is 0. The van der Waals surface area contributed by atoms with E-state index in [1.54, 1.807) is 6.26 Å². The summed E-state index contributed by atoms with van der Waals surface area (Å²) in [4.78, 5) is 16.4. The lowest BCUT2D eigenvalue weighted by Gasteiger charge is -2.35. The van der Waals surface area contributed by atoms with Crippen LogP contribution in [0.1, 0.15) is 38.3 Å². The fourth-order valence-electron chi connectivity index (χ4n) is 3.96. The van der Waals surface area contributed by atoms with Gasteiger partial charge in [0.15, 0.2) is 0 Å². The first kappa shape index (κ1) is 20.4. The van der Waals surface area contributed by atoms with E-state index in [0.717, 1.165) is 29.7 Å². The van der Waals surface area contributed by atoms with Gasteiger partial charge < -0.3 is 15.3 Å². The Hall–Kier alpha value is -2.83. The molecule has 30 heavy (non-hydrogen) atoms. The number of aliphatic carboxylic acids is 1. The van der Waals surface area contributed by atoms with Crippen LogP contribution >= 0.6 is 0 Å². The maximum Gasteiger partial charge on any atom is 0.309 e. The topological polar surface area (TPSA) is 73.8 Å². The molecule has 0 aromatic heterocycles. The number of nitrogens with one attached hydrogen (secondary N) is 2. The Morgan fingerprint density at radius 2 is 1.97 bits per heavy atom. The molecular formula is C24H29N3O3. The van der Waals surface area contributed by atoms with E-state index in [1.165, 1.54) is 11.1 Å². The van der Waals surface area contributed by atoms with Gasteiger partial charge in [0, 0.05) is 18.2 Å². The Bertz CT molecular complexity index is 947. The molecular weight excluding hydrogens is 378 g/mol. The average molecular weight is 408 g/mol. The lowest BCUT2D eigenvalue weighted by atomic mass is 9.85. The van der Waals surface area contributed by atoms with E-state index >= 15 is 0 Å². The summed E-state index contributed by atoms with van der Waals surface area (Å²) in [5.41, 5.74) is 8.70. The number of hydrogen-bond acceptors (Lipinski definition) is 5. The highest BCUT2D eigenvalue weighted by atomic mass is 16.7. The van der Waals surface area contributed by atoms with E-state index in [0.29, 0.717) is 6.54 Å². The van der Waals surface area contributed by atoms with Gasteiger partial charge in [0.25, 0.3) is 0 Å². The van der Waals surface area contributed by atoms with Crippen molar-refractivity contribution >= 4 is 11.7 Å². The number of rotatable bonds is 6. The van der Waals surface area contributed by atoms with Gasteiger partial charge >= 0.3 is 5.97 Å². The number of carboxylic acids is 1. The molecule has 6 heteroatoms. The van der Waals surface area contributed by atoms with Crippen molar-refractivity contribution in [2.24, 2.45) is 5.92 Å². The van der Waals surface area contributed by atoms with Crippen LogP contribution in [0, 0.1) is 5.92 Å². The first-order valence-corrected chi connectivity index (χ1v) is 10.4. The third-order valence-corrected chi connectivity index (χ3v) is 5.96. The minimum atomic E-state index is -0.708. The summed E-state index contributed by atoms with van der Waals surface area (Å²) in [6.07, 6.45) is 5.09. The van der Waals surface area contributed by atoms with Gasteiger partial charge in [-0.15, -0.1) is 0 Å². The molecule has 158 valence electrons. The predicted octanol–water partition coefficient (Wildman–Crippen LogP) is 3.98. The average Bonchev–Trinajstić information content (AvgIpc) is 3.21. The number of hydrazine groups is 1. The Morgan fingerprint density at radius 1 is 1.20 bits per heavy atom. The predicted molar refractivity (Wildman–Crippen MR) is 118 cm³/mol. The van der Waals surface area contributed by atoms with Crippen molar-refractivity contribution in [1.82, 2.24) is 10.9 Å². The summed E-state index contributed by atoms with van der Waals surface area (Å²) in [6.45, 7) is 7.20. The maximum atomic E-state index is 11.3. The quantitative estimate of drug-likeness (QED) is 0.673. The Balaban J connectivity index is 1.60. The molecule has 2 aliphatic heterocycles. The number of aryl methyl sites for hydroxylation is 1. The Labute approximate surface area is 177 Å². The smallest absolute Gasteiger partial charge is 0.309 e. The van der Waals surface area contributed by atoms with Crippen molar-refractivity contribution < 1.29 is 14.7 Å². The molecule has 2 aliphatic rings. The van der Waals surface area contributed by atoms with Crippen LogP contribution in [0.15, 0.2) is 54.9 Å². The number of hydrogen-bond donors (Lipinski definition) is 3. The van der Waals surface area contributed by atoms with Gasteiger partial charge in [-0.3, -0.25) is 4.79 Å².